The van der Waals surface area contributed by atoms with Crippen molar-refractivity contribution in [1.82, 2.24) is 10.2 Å². The number of hydrogen-bond acceptors (Lipinski definition) is 2. The summed E-state index contributed by atoms with van der Waals surface area (Å²) in [5.74, 6) is 0.0891. The normalized spacial score (nSPS) is 20.2. The third kappa shape index (κ3) is 2.25. The molecule has 0 aliphatic carbocycles. The molecular formula is C13H18N2O. The third-order valence-corrected chi connectivity index (χ3v) is 3.26. The van der Waals surface area contributed by atoms with Crippen LogP contribution in [0, 0.1) is 0 Å². The van der Waals surface area contributed by atoms with Crippen molar-refractivity contribution in [3.8, 4) is 0 Å². The minimum absolute atomic E-state index is 0.0891. The van der Waals surface area contributed by atoms with E-state index in [0.717, 1.165) is 13.0 Å². The molecule has 0 fully saturated rings. The topological polar surface area (TPSA) is 32.3 Å². The highest BCUT2D eigenvalue weighted by Crippen LogP contribution is 2.22. The smallest absolute Gasteiger partial charge is 0.233 e. The van der Waals surface area contributed by atoms with Crippen LogP contribution in [0.15, 0.2) is 24.3 Å². The monoisotopic (exact) mass is 218 g/mol. The summed E-state index contributed by atoms with van der Waals surface area (Å²) in [6.45, 7) is 3.55. The number of rotatable bonds is 2. The van der Waals surface area contributed by atoms with Crippen LogP contribution in [0.4, 0.5) is 0 Å². The Bertz CT molecular complexity index is 389. The van der Waals surface area contributed by atoms with Crippen molar-refractivity contribution in [3.63, 3.8) is 0 Å². The van der Waals surface area contributed by atoms with Gasteiger partial charge >= 0.3 is 0 Å². The number of nitrogens with one attached hydrogen (secondary N) is 1. The van der Waals surface area contributed by atoms with Gasteiger partial charge in [-0.2, -0.15) is 0 Å². The molecule has 3 nitrogen and oxygen atoms in total. The van der Waals surface area contributed by atoms with Crippen LogP contribution in [-0.2, 0) is 17.8 Å². The fourth-order valence-corrected chi connectivity index (χ4v) is 2.21. The standard InChI is InChI=1S/C13H18N2O/c1-10-7-11-5-3-4-6-12(11)8-15(10)9-13(16)14-2/h3-6,10H,7-9H2,1-2H3,(H,14,16). The highest BCUT2D eigenvalue weighted by molar-refractivity contribution is 5.77. The Balaban J connectivity index is 2.12. The van der Waals surface area contributed by atoms with Gasteiger partial charge in [0.15, 0.2) is 0 Å². The fourth-order valence-electron chi connectivity index (χ4n) is 2.21. The molecule has 1 amide bonds. The SMILES string of the molecule is CNC(=O)CN1Cc2ccccc2CC1C. The molecule has 0 saturated carbocycles. The van der Waals surface area contributed by atoms with E-state index in [-0.39, 0.29) is 5.91 Å². The maximum atomic E-state index is 11.4. The van der Waals surface area contributed by atoms with Gasteiger partial charge in [0.2, 0.25) is 5.91 Å². The van der Waals surface area contributed by atoms with Crippen LogP contribution in [0.25, 0.3) is 0 Å². The summed E-state index contributed by atoms with van der Waals surface area (Å²) >= 11 is 0. The molecule has 2 rings (SSSR count). The molecule has 1 atom stereocenters. The molecule has 0 saturated heterocycles. The average molecular weight is 218 g/mol. The zero-order valence-electron chi connectivity index (χ0n) is 9.86. The van der Waals surface area contributed by atoms with E-state index in [0.29, 0.717) is 12.6 Å². The molecule has 16 heavy (non-hydrogen) atoms. The first-order valence-electron chi connectivity index (χ1n) is 5.72. The molecule has 86 valence electrons. The van der Waals surface area contributed by atoms with Crippen molar-refractivity contribution < 1.29 is 4.79 Å². The van der Waals surface area contributed by atoms with Gasteiger partial charge in [0.25, 0.3) is 0 Å². The lowest BCUT2D eigenvalue weighted by Gasteiger charge is -2.34. The van der Waals surface area contributed by atoms with Crippen LogP contribution in [0.2, 0.25) is 0 Å². The molecule has 3 heteroatoms. The van der Waals surface area contributed by atoms with Gasteiger partial charge in [0, 0.05) is 19.6 Å². The van der Waals surface area contributed by atoms with Crippen LogP contribution >= 0.6 is 0 Å². The van der Waals surface area contributed by atoms with E-state index in [1.165, 1.54) is 11.1 Å². The molecule has 0 radical (unpaired) electrons. The second-order valence-electron chi connectivity index (χ2n) is 4.40. The van der Waals surface area contributed by atoms with Gasteiger partial charge in [0.1, 0.15) is 0 Å². The zero-order valence-corrected chi connectivity index (χ0v) is 9.86. The summed E-state index contributed by atoms with van der Waals surface area (Å²) < 4.78 is 0. The van der Waals surface area contributed by atoms with E-state index < -0.39 is 0 Å². The second kappa shape index (κ2) is 4.66. The van der Waals surface area contributed by atoms with Gasteiger partial charge in [-0.25, -0.2) is 0 Å². The summed E-state index contributed by atoms with van der Waals surface area (Å²) in [5, 5.41) is 2.68. The van der Waals surface area contributed by atoms with E-state index in [4.69, 9.17) is 0 Å². The van der Waals surface area contributed by atoms with Crippen molar-refractivity contribution in [2.24, 2.45) is 0 Å². The van der Waals surface area contributed by atoms with Crippen molar-refractivity contribution in [2.75, 3.05) is 13.6 Å². The predicted octanol–water partition coefficient (Wildman–Crippen LogP) is 1.18. The van der Waals surface area contributed by atoms with Crippen molar-refractivity contribution in [1.29, 1.82) is 0 Å². The molecule has 1 aliphatic rings. The Morgan fingerprint density at radius 2 is 2.12 bits per heavy atom. The van der Waals surface area contributed by atoms with Gasteiger partial charge in [-0.3, -0.25) is 9.69 Å². The van der Waals surface area contributed by atoms with Crippen LogP contribution < -0.4 is 5.32 Å². The van der Waals surface area contributed by atoms with Gasteiger partial charge in [0.05, 0.1) is 6.54 Å². The Hall–Kier alpha value is -1.35. The lowest BCUT2D eigenvalue weighted by Crippen LogP contribution is -2.43. The lowest BCUT2D eigenvalue weighted by molar-refractivity contribution is -0.122. The highest BCUT2D eigenvalue weighted by atomic mass is 16.1. The van der Waals surface area contributed by atoms with Gasteiger partial charge in [-0.1, -0.05) is 24.3 Å². The van der Waals surface area contributed by atoms with E-state index in [1.807, 2.05) is 0 Å². The van der Waals surface area contributed by atoms with E-state index >= 15 is 0 Å². The van der Waals surface area contributed by atoms with Crippen molar-refractivity contribution >= 4 is 5.91 Å². The Labute approximate surface area is 96.5 Å². The first-order valence-corrected chi connectivity index (χ1v) is 5.72. The summed E-state index contributed by atoms with van der Waals surface area (Å²) in [5.41, 5.74) is 2.77. The van der Waals surface area contributed by atoms with Crippen LogP contribution in [0.5, 0.6) is 0 Å². The average Bonchev–Trinajstić information content (AvgIpc) is 2.30. The first kappa shape index (κ1) is 11.1. The molecular weight excluding hydrogens is 200 g/mol. The third-order valence-electron chi connectivity index (χ3n) is 3.26. The predicted molar refractivity (Wildman–Crippen MR) is 64.1 cm³/mol. The minimum atomic E-state index is 0.0891. The van der Waals surface area contributed by atoms with Crippen molar-refractivity contribution in [3.05, 3.63) is 35.4 Å². The molecule has 1 aliphatic heterocycles. The number of amides is 1. The lowest BCUT2D eigenvalue weighted by atomic mass is 9.95. The maximum absolute atomic E-state index is 11.4. The highest BCUT2D eigenvalue weighted by Gasteiger charge is 2.23. The van der Waals surface area contributed by atoms with E-state index in [2.05, 4.69) is 41.4 Å². The molecule has 1 aromatic rings. The Morgan fingerprint density at radius 1 is 1.44 bits per heavy atom. The molecule has 1 aromatic carbocycles. The van der Waals surface area contributed by atoms with E-state index in [9.17, 15) is 4.79 Å². The minimum Gasteiger partial charge on any atom is -0.358 e. The fraction of sp³-hybridized carbons (Fsp3) is 0.462. The molecule has 1 N–H and O–H groups in total. The number of hydrogen-bond donors (Lipinski definition) is 1. The number of fused-ring (bicyclic) bond motifs is 1. The summed E-state index contributed by atoms with van der Waals surface area (Å²) in [6, 6.07) is 8.92. The number of likely N-dealkylation sites (N-methyl/N-ethyl adjacent to an activating group) is 1. The summed E-state index contributed by atoms with van der Waals surface area (Å²) in [4.78, 5) is 13.6. The molecule has 0 bridgehead atoms. The largest absolute Gasteiger partial charge is 0.358 e. The quantitative estimate of drug-likeness (QED) is 0.808. The second-order valence-corrected chi connectivity index (χ2v) is 4.40. The number of nitrogens with zero attached hydrogens (tertiary/aromatic N) is 1. The Morgan fingerprint density at radius 3 is 2.81 bits per heavy atom. The van der Waals surface area contributed by atoms with Crippen LogP contribution in [0.3, 0.4) is 0 Å². The number of benzene rings is 1. The Kier molecular flexibility index (Phi) is 3.25. The van der Waals surface area contributed by atoms with Gasteiger partial charge < -0.3 is 5.32 Å². The molecule has 1 heterocycles. The molecule has 0 spiro atoms. The van der Waals surface area contributed by atoms with Crippen molar-refractivity contribution in [2.45, 2.75) is 25.9 Å². The van der Waals surface area contributed by atoms with Crippen LogP contribution in [0.1, 0.15) is 18.1 Å². The van der Waals surface area contributed by atoms with E-state index in [1.54, 1.807) is 7.05 Å². The number of carbonyl (C=O) groups is 1. The molecule has 0 aromatic heterocycles. The summed E-state index contributed by atoms with van der Waals surface area (Å²) in [7, 11) is 1.69. The zero-order chi connectivity index (χ0) is 11.5. The maximum Gasteiger partial charge on any atom is 0.233 e. The first-order chi connectivity index (χ1) is 7.70. The number of carbonyl (C=O) groups excluding carboxylic acids is 1. The van der Waals surface area contributed by atoms with Crippen LogP contribution in [-0.4, -0.2) is 30.4 Å². The van der Waals surface area contributed by atoms with Gasteiger partial charge in [-0.05, 0) is 24.5 Å². The van der Waals surface area contributed by atoms with Gasteiger partial charge in [-0.15, -0.1) is 0 Å². The summed E-state index contributed by atoms with van der Waals surface area (Å²) in [6.07, 6.45) is 1.03. The molecule has 1 unspecified atom stereocenters.